The number of ether oxygens (including phenoxy) is 3. The number of carbonyl (C=O) groups is 3. The number of hydrogen-bond acceptors (Lipinski definition) is 6. The minimum absolute atomic E-state index is 0.0215. The van der Waals surface area contributed by atoms with Crippen LogP contribution in [0.15, 0.2) is 18.2 Å². The molecule has 2 heterocycles. The van der Waals surface area contributed by atoms with E-state index in [0.717, 1.165) is 0 Å². The Kier molecular flexibility index (Phi) is 8.90. The van der Waals surface area contributed by atoms with E-state index in [0.29, 0.717) is 56.1 Å². The van der Waals surface area contributed by atoms with Crippen molar-refractivity contribution in [3.63, 3.8) is 0 Å². The second-order valence-electron chi connectivity index (χ2n) is 9.36. The van der Waals surface area contributed by atoms with Crippen LogP contribution in [0.1, 0.15) is 44.0 Å². The van der Waals surface area contributed by atoms with E-state index in [2.05, 4.69) is 5.32 Å². The zero-order valence-electron chi connectivity index (χ0n) is 20.8. The summed E-state index contributed by atoms with van der Waals surface area (Å²) < 4.78 is 17.1. The Balaban J connectivity index is 1.89. The molecule has 0 saturated carbocycles. The van der Waals surface area contributed by atoms with Gasteiger partial charge in [-0.15, -0.1) is 0 Å². The summed E-state index contributed by atoms with van der Waals surface area (Å²) in [6.45, 7) is 7.73. The summed E-state index contributed by atoms with van der Waals surface area (Å²) in [5.74, 6) is 0.00136. The maximum atomic E-state index is 13.3. The number of benzene rings is 1. The van der Waals surface area contributed by atoms with Crippen LogP contribution in [0.3, 0.4) is 0 Å². The van der Waals surface area contributed by atoms with Crippen molar-refractivity contribution in [2.75, 3.05) is 52.4 Å². The van der Waals surface area contributed by atoms with Gasteiger partial charge in [-0.25, -0.2) is 0 Å². The molecular formula is C25H37N3O6. The molecular weight excluding hydrogens is 438 g/mol. The van der Waals surface area contributed by atoms with E-state index in [9.17, 15) is 14.4 Å². The molecule has 188 valence electrons. The van der Waals surface area contributed by atoms with Crippen LogP contribution in [0.5, 0.6) is 5.75 Å². The van der Waals surface area contributed by atoms with Crippen molar-refractivity contribution >= 4 is 23.4 Å². The van der Waals surface area contributed by atoms with Crippen molar-refractivity contribution < 1.29 is 28.6 Å². The molecule has 9 nitrogen and oxygen atoms in total. The van der Waals surface area contributed by atoms with Crippen molar-refractivity contribution in [3.8, 4) is 5.75 Å². The normalized spacial score (nSPS) is 25.0. The van der Waals surface area contributed by atoms with Crippen LogP contribution in [0.4, 0.5) is 5.69 Å². The minimum Gasteiger partial charge on any atom is -0.491 e. The Morgan fingerprint density at radius 1 is 1.15 bits per heavy atom. The quantitative estimate of drug-likeness (QED) is 0.721. The molecule has 0 unspecified atom stereocenters. The molecule has 3 amide bonds. The molecule has 0 aliphatic carbocycles. The summed E-state index contributed by atoms with van der Waals surface area (Å²) in [6.07, 6.45) is 1.15. The second kappa shape index (κ2) is 11.7. The predicted octanol–water partition coefficient (Wildman–Crippen LogP) is 2.40. The van der Waals surface area contributed by atoms with E-state index in [1.807, 2.05) is 13.8 Å². The number of nitrogens with zero attached hydrogens (tertiary/aromatic N) is 2. The number of likely N-dealkylation sites (N-methyl/N-ethyl adjacent to an activating group) is 1. The number of methoxy groups -OCH3 is 1. The number of amides is 3. The molecule has 0 radical (unpaired) electrons. The van der Waals surface area contributed by atoms with Gasteiger partial charge in [-0.1, -0.05) is 6.92 Å². The van der Waals surface area contributed by atoms with Crippen molar-refractivity contribution in [1.29, 1.82) is 0 Å². The summed E-state index contributed by atoms with van der Waals surface area (Å²) in [6, 6.07) is 4.88. The smallest absolute Gasteiger partial charge is 0.257 e. The molecule has 34 heavy (non-hydrogen) atoms. The van der Waals surface area contributed by atoms with E-state index in [-0.39, 0.29) is 48.3 Å². The first-order valence-electron chi connectivity index (χ1n) is 11.9. The molecule has 1 N–H and O–H groups in total. The Morgan fingerprint density at radius 3 is 2.50 bits per heavy atom. The number of nitrogens with one attached hydrogen (secondary N) is 1. The zero-order valence-corrected chi connectivity index (χ0v) is 20.8. The van der Waals surface area contributed by atoms with Gasteiger partial charge in [0.05, 0.1) is 17.7 Å². The Labute approximate surface area is 201 Å². The Morgan fingerprint density at radius 2 is 1.85 bits per heavy atom. The summed E-state index contributed by atoms with van der Waals surface area (Å²) in [4.78, 5) is 41.7. The summed E-state index contributed by atoms with van der Waals surface area (Å²) in [7, 11) is 3.35. The molecule has 9 heteroatoms. The number of fused-ring (bicyclic) bond motifs is 1. The second-order valence-corrected chi connectivity index (χ2v) is 9.36. The van der Waals surface area contributed by atoms with Gasteiger partial charge < -0.3 is 29.3 Å². The first kappa shape index (κ1) is 26.0. The monoisotopic (exact) mass is 475 g/mol. The zero-order chi connectivity index (χ0) is 24.8. The van der Waals surface area contributed by atoms with Crippen molar-refractivity contribution in [2.24, 2.45) is 11.8 Å². The summed E-state index contributed by atoms with van der Waals surface area (Å²) in [5, 5.41) is 2.95. The molecule has 2 aliphatic heterocycles. The summed E-state index contributed by atoms with van der Waals surface area (Å²) >= 11 is 0. The Bertz CT molecular complexity index is 885. The molecule has 0 spiro atoms. The van der Waals surface area contributed by atoms with Gasteiger partial charge in [-0.05, 0) is 31.9 Å². The first-order chi connectivity index (χ1) is 16.2. The number of carbonyl (C=O) groups excluding carboxylic acids is 3. The van der Waals surface area contributed by atoms with E-state index in [4.69, 9.17) is 14.2 Å². The first-order valence-corrected chi connectivity index (χ1v) is 11.9. The molecule has 2 aliphatic rings. The van der Waals surface area contributed by atoms with Gasteiger partial charge >= 0.3 is 0 Å². The molecule has 1 aromatic rings. The lowest BCUT2D eigenvalue weighted by Crippen LogP contribution is -2.48. The highest BCUT2D eigenvalue weighted by Gasteiger charge is 2.29. The maximum absolute atomic E-state index is 13.3. The van der Waals surface area contributed by atoms with Gasteiger partial charge in [0.15, 0.2) is 0 Å². The Hall–Kier alpha value is -2.65. The summed E-state index contributed by atoms with van der Waals surface area (Å²) in [5.41, 5.74) is 0.966. The topological polar surface area (TPSA) is 97.4 Å². The third kappa shape index (κ3) is 6.27. The van der Waals surface area contributed by atoms with Crippen LogP contribution in [0, 0.1) is 11.8 Å². The van der Waals surface area contributed by atoms with Gasteiger partial charge in [0.1, 0.15) is 12.4 Å². The SMILES string of the molecule is CO[C@@H]1CN(C)C(=O)c2ccc(NC(=O)C3CCOCC3)cc2OC[C@H](C)N(C(C)=O)C[C@@H]1C. The molecule has 0 aromatic heterocycles. The molecule has 3 atom stereocenters. The van der Waals surface area contributed by atoms with Crippen molar-refractivity contribution in [3.05, 3.63) is 23.8 Å². The fraction of sp³-hybridized carbons (Fsp3) is 0.640. The molecule has 1 aromatic carbocycles. The lowest BCUT2D eigenvalue weighted by molar-refractivity contribution is -0.133. The maximum Gasteiger partial charge on any atom is 0.257 e. The number of hydrogen-bond donors (Lipinski definition) is 1. The predicted molar refractivity (Wildman–Crippen MR) is 128 cm³/mol. The van der Waals surface area contributed by atoms with Crippen molar-refractivity contribution in [1.82, 2.24) is 9.80 Å². The highest BCUT2D eigenvalue weighted by molar-refractivity contribution is 5.98. The third-order valence-corrected chi connectivity index (χ3v) is 6.71. The van der Waals surface area contributed by atoms with E-state index in [1.165, 1.54) is 0 Å². The van der Waals surface area contributed by atoms with Crippen LogP contribution in [0.25, 0.3) is 0 Å². The number of rotatable bonds is 3. The van der Waals surface area contributed by atoms with Gasteiger partial charge in [-0.3, -0.25) is 14.4 Å². The van der Waals surface area contributed by atoms with E-state index < -0.39 is 0 Å². The van der Waals surface area contributed by atoms with Crippen LogP contribution < -0.4 is 10.1 Å². The lowest BCUT2D eigenvalue weighted by Gasteiger charge is -2.35. The standard InChI is InChI=1S/C25H37N3O6/c1-16-13-28(18(3)29)17(2)15-34-22-12-20(26-24(30)19-8-10-33-11-9-19)6-7-21(22)25(31)27(4)14-23(16)32-5/h6-7,12,16-17,19,23H,8-11,13-15H2,1-5H3,(H,26,30)/t16-,17-,23+/m0/s1. The number of anilines is 1. The van der Waals surface area contributed by atoms with Gasteiger partial charge in [-0.2, -0.15) is 0 Å². The lowest BCUT2D eigenvalue weighted by atomic mass is 9.99. The highest BCUT2D eigenvalue weighted by Crippen LogP contribution is 2.28. The fourth-order valence-electron chi connectivity index (χ4n) is 4.49. The average Bonchev–Trinajstić information content (AvgIpc) is 2.83. The highest BCUT2D eigenvalue weighted by atomic mass is 16.5. The third-order valence-electron chi connectivity index (χ3n) is 6.71. The van der Waals surface area contributed by atoms with Crippen LogP contribution >= 0.6 is 0 Å². The molecule has 3 rings (SSSR count). The molecule has 1 fully saturated rings. The molecule has 1 saturated heterocycles. The van der Waals surface area contributed by atoms with Crippen LogP contribution in [0.2, 0.25) is 0 Å². The van der Waals surface area contributed by atoms with E-state index >= 15 is 0 Å². The van der Waals surface area contributed by atoms with Gasteiger partial charge in [0, 0.05) is 71.0 Å². The van der Waals surface area contributed by atoms with Crippen LogP contribution in [-0.2, 0) is 19.1 Å². The minimum atomic E-state index is -0.232. The van der Waals surface area contributed by atoms with Crippen LogP contribution in [-0.4, -0.2) is 86.7 Å². The average molecular weight is 476 g/mol. The largest absolute Gasteiger partial charge is 0.491 e. The van der Waals surface area contributed by atoms with E-state index in [1.54, 1.807) is 49.1 Å². The van der Waals surface area contributed by atoms with Gasteiger partial charge in [0.2, 0.25) is 11.8 Å². The fourth-order valence-corrected chi connectivity index (χ4v) is 4.49. The molecule has 0 bridgehead atoms. The van der Waals surface area contributed by atoms with Gasteiger partial charge in [0.25, 0.3) is 5.91 Å². The van der Waals surface area contributed by atoms with Crippen molar-refractivity contribution in [2.45, 2.75) is 45.8 Å².